The standard InChI is InChI=1S/C21H39NSi2/c1-8-9-13-20(22)21-18(14-16-23(2,3)4)11-10-12-19(21)15-17-24(5,6)7/h10-12,22H,8-9,13-17H2,1-7H3. The predicted molar refractivity (Wildman–Crippen MR) is 117 cm³/mol. The quantitative estimate of drug-likeness (QED) is 0.342. The Balaban J connectivity index is 3.10. The lowest BCUT2D eigenvalue weighted by molar-refractivity contribution is 0.831. The Labute approximate surface area is 152 Å². The first-order chi connectivity index (χ1) is 11.0. The van der Waals surface area contributed by atoms with E-state index in [4.69, 9.17) is 5.41 Å². The first-order valence-electron chi connectivity index (χ1n) is 9.72. The van der Waals surface area contributed by atoms with E-state index in [1.807, 2.05) is 0 Å². The monoisotopic (exact) mass is 361 g/mol. The maximum atomic E-state index is 8.71. The van der Waals surface area contributed by atoms with Crippen LogP contribution in [-0.2, 0) is 12.8 Å². The summed E-state index contributed by atoms with van der Waals surface area (Å²) in [5.41, 5.74) is 5.06. The van der Waals surface area contributed by atoms with Crippen LogP contribution >= 0.6 is 0 Å². The molecule has 0 amide bonds. The molecular weight excluding hydrogens is 322 g/mol. The van der Waals surface area contributed by atoms with Gasteiger partial charge >= 0.3 is 0 Å². The Morgan fingerprint density at radius 2 is 1.33 bits per heavy atom. The topological polar surface area (TPSA) is 23.9 Å². The van der Waals surface area contributed by atoms with Crippen LogP contribution in [0.15, 0.2) is 18.2 Å². The molecule has 136 valence electrons. The molecule has 0 aromatic heterocycles. The molecule has 0 saturated heterocycles. The third-order valence-electron chi connectivity index (χ3n) is 4.61. The molecule has 0 unspecified atom stereocenters. The second-order valence-electron chi connectivity index (χ2n) is 9.65. The number of nitrogens with one attached hydrogen (secondary N) is 1. The summed E-state index contributed by atoms with van der Waals surface area (Å²) in [6, 6.07) is 9.44. The van der Waals surface area contributed by atoms with Crippen molar-refractivity contribution in [3.63, 3.8) is 0 Å². The zero-order valence-electron chi connectivity index (χ0n) is 17.2. The van der Waals surface area contributed by atoms with Crippen molar-refractivity contribution in [3.05, 3.63) is 34.9 Å². The summed E-state index contributed by atoms with van der Waals surface area (Å²) in [6.07, 6.45) is 5.54. The van der Waals surface area contributed by atoms with Crippen LogP contribution in [0.4, 0.5) is 0 Å². The second kappa shape index (κ2) is 9.14. The number of hydrogen-bond acceptors (Lipinski definition) is 1. The average Bonchev–Trinajstić information content (AvgIpc) is 2.47. The van der Waals surface area contributed by atoms with Gasteiger partial charge in [-0.2, -0.15) is 0 Å². The van der Waals surface area contributed by atoms with Crippen molar-refractivity contribution in [2.45, 2.75) is 90.4 Å². The molecule has 0 bridgehead atoms. The van der Waals surface area contributed by atoms with E-state index in [1.54, 1.807) is 0 Å². The molecule has 0 heterocycles. The summed E-state index contributed by atoms with van der Waals surface area (Å²) in [5.74, 6) is 0. The Kier molecular flexibility index (Phi) is 8.14. The Morgan fingerprint density at radius 3 is 1.71 bits per heavy atom. The van der Waals surface area contributed by atoms with Crippen molar-refractivity contribution >= 4 is 21.9 Å². The van der Waals surface area contributed by atoms with Gasteiger partial charge in [-0.3, -0.25) is 0 Å². The van der Waals surface area contributed by atoms with Gasteiger partial charge in [0.2, 0.25) is 0 Å². The molecule has 24 heavy (non-hydrogen) atoms. The molecule has 0 aliphatic heterocycles. The van der Waals surface area contributed by atoms with Crippen molar-refractivity contribution in [2.24, 2.45) is 0 Å². The van der Waals surface area contributed by atoms with E-state index in [1.165, 1.54) is 35.2 Å². The molecule has 0 spiro atoms. The molecule has 0 saturated carbocycles. The summed E-state index contributed by atoms with van der Waals surface area (Å²) >= 11 is 0. The van der Waals surface area contributed by atoms with Gasteiger partial charge in [-0.05, 0) is 36.8 Å². The van der Waals surface area contributed by atoms with E-state index < -0.39 is 16.1 Å². The lowest BCUT2D eigenvalue weighted by atomic mass is 9.92. The second-order valence-corrected chi connectivity index (χ2v) is 20.9. The summed E-state index contributed by atoms with van der Waals surface area (Å²) < 4.78 is 0. The molecule has 3 heteroatoms. The smallest absolute Gasteiger partial charge is 0.0445 e. The minimum absolute atomic E-state index is 0.883. The SMILES string of the molecule is CCCCC(=N)c1c(CC[Si](C)(C)C)cccc1CC[Si](C)(C)C. The molecule has 1 rings (SSSR count). The van der Waals surface area contributed by atoms with Crippen LogP contribution in [0.25, 0.3) is 0 Å². The fourth-order valence-electron chi connectivity index (χ4n) is 2.96. The highest BCUT2D eigenvalue weighted by atomic mass is 28.3. The maximum absolute atomic E-state index is 8.71. The normalized spacial score (nSPS) is 12.5. The van der Waals surface area contributed by atoms with Crippen molar-refractivity contribution < 1.29 is 0 Å². The van der Waals surface area contributed by atoms with Gasteiger partial charge in [-0.15, -0.1) is 0 Å². The highest BCUT2D eigenvalue weighted by Crippen LogP contribution is 2.25. The van der Waals surface area contributed by atoms with E-state index >= 15 is 0 Å². The fraction of sp³-hybridized carbons (Fsp3) is 0.667. The van der Waals surface area contributed by atoms with Crippen molar-refractivity contribution in [3.8, 4) is 0 Å². The van der Waals surface area contributed by atoms with E-state index in [0.717, 1.165) is 31.4 Å². The van der Waals surface area contributed by atoms with Gasteiger partial charge in [0.25, 0.3) is 0 Å². The number of aryl methyl sites for hydroxylation is 2. The minimum atomic E-state index is -1.05. The lowest BCUT2D eigenvalue weighted by Crippen LogP contribution is -2.22. The van der Waals surface area contributed by atoms with Crippen LogP contribution < -0.4 is 0 Å². The molecule has 1 nitrogen and oxygen atoms in total. The van der Waals surface area contributed by atoms with Crippen LogP contribution in [0, 0.1) is 5.41 Å². The summed E-state index contributed by atoms with van der Waals surface area (Å²) in [4.78, 5) is 0. The molecule has 0 atom stereocenters. The third-order valence-corrected chi connectivity index (χ3v) is 8.11. The number of rotatable bonds is 10. The molecular formula is C21H39NSi2. The Morgan fingerprint density at radius 1 is 0.875 bits per heavy atom. The zero-order valence-corrected chi connectivity index (χ0v) is 19.2. The number of hydrogen-bond donors (Lipinski definition) is 1. The molecule has 0 aliphatic rings. The summed E-state index contributed by atoms with van der Waals surface area (Å²) in [7, 11) is -2.11. The largest absolute Gasteiger partial charge is 0.305 e. The van der Waals surface area contributed by atoms with Gasteiger partial charge in [-0.1, -0.05) is 82.9 Å². The van der Waals surface area contributed by atoms with Crippen LogP contribution in [0.5, 0.6) is 0 Å². The van der Waals surface area contributed by atoms with Crippen LogP contribution in [-0.4, -0.2) is 21.9 Å². The number of unbranched alkanes of at least 4 members (excludes halogenated alkanes) is 1. The molecule has 1 aromatic rings. The third kappa shape index (κ3) is 7.93. The molecule has 1 aromatic carbocycles. The molecule has 0 fully saturated rings. The van der Waals surface area contributed by atoms with Crippen molar-refractivity contribution in [1.82, 2.24) is 0 Å². The molecule has 0 radical (unpaired) electrons. The van der Waals surface area contributed by atoms with Crippen LogP contribution in [0.2, 0.25) is 51.4 Å². The first-order valence-corrected chi connectivity index (χ1v) is 17.1. The van der Waals surface area contributed by atoms with E-state index in [0.29, 0.717) is 0 Å². The van der Waals surface area contributed by atoms with Crippen LogP contribution in [0.1, 0.15) is 42.9 Å². The van der Waals surface area contributed by atoms with Crippen molar-refractivity contribution in [2.75, 3.05) is 0 Å². The maximum Gasteiger partial charge on any atom is 0.0445 e. The highest BCUT2D eigenvalue weighted by molar-refractivity contribution is 6.76. The minimum Gasteiger partial charge on any atom is -0.305 e. The number of benzene rings is 1. The lowest BCUT2D eigenvalue weighted by Gasteiger charge is -2.21. The Bertz CT molecular complexity index is 500. The summed E-state index contributed by atoms with van der Waals surface area (Å²) in [6.45, 7) is 16.9. The zero-order chi connectivity index (χ0) is 18.4. The van der Waals surface area contributed by atoms with Crippen LogP contribution in [0.3, 0.4) is 0 Å². The highest BCUT2D eigenvalue weighted by Gasteiger charge is 2.19. The van der Waals surface area contributed by atoms with E-state index in [-0.39, 0.29) is 0 Å². The van der Waals surface area contributed by atoms with Gasteiger partial charge in [0.1, 0.15) is 0 Å². The van der Waals surface area contributed by atoms with E-state index in [9.17, 15) is 0 Å². The Hall–Kier alpha value is -0.676. The summed E-state index contributed by atoms with van der Waals surface area (Å²) in [5, 5.41) is 8.71. The van der Waals surface area contributed by atoms with Gasteiger partial charge < -0.3 is 5.41 Å². The fourth-order valence-corrected chi connectivity index (χ4v) is 4.99. The van der Waals surface area contributed by atoms with Gasteiger partial charge in [0, 0.05) is 27.4 Å². The van der Waals surface area contributed by atoms with Crippen molar-refractivity contribution in [1.29, 1.82) is 5.41 Å². The average molecular weight is 362 g/mol. The van der Waals surface area contributed by atoms with Gasteiger partial charge in [0.05, 0.1) is 0 Å². The molecule has 0 aliphatic carbocycles. The first kappa shape index (κ1) is 21.4. The van der Waals surface area contributed by atoms with E-state index in [2.05, 4.69) is 64.4 Å². The van der Waals surface area contributed by atoms with Gasteiger partial charge in [-0.25, -0.2) is 0 Å². The van der Waals surface area contributed by atoms with Gasteiger partial charge in [0.15, 0.2) is 0 Å². The predicted octanol–water partition coefficient (Wildman–Crippen LogP) is 7.01. The molecule has 1 N–H and O–H groups in total.